The van der Waals surface area contributed by atoms with Crippen LogP contribution in [0.5, 0.6) is 0 Å². The molecule has 0 unspecified atom stereocenters. The largest absolute Gasteiger partial charge is 0.371 e. The highest BCUT2D eigenvalue weighted by molar-refractivity contribution is 14.1. The van der Waals surface area contributed by atoms with Crippen molar-refractivity contribution in [2.75, 3.05) is 6.54 Å². The van der Waals surface area contributed by atoms with E-state index in [0.717, 1.165) is 9.54 Å². The number of thiocarbonyl (C=S) groups is 1. The molecule has 0 heterocycles. The van der Waals surface area contributed by atoms with E-state index in [0.29, 0.717) is 5.92 Å². The van der Waals surface area contributed by atoms with Crippen LogP contribution in [-0.2, 0) is 0 Å². The maximum atomic E-state index is 4.79. The highest BCUT2D eigenvalue weighted by Gasteiger charge is 1.91. The van der Waals surface area contributed by atoms with Gasteiger partial charge >= 0.3 is 0 Å². The third kappa shape index (κ3) is 6.62. The molecule has 0 amide bonds. The zero-order valence-corrected chi connectivity index (χ0v) is 8.04. The Labute approximate surface area is 69.4 Å². The molecule has 0 aliphatic carbocycles. The second kappa shape index (κ2) is 4.49. The number of halogens is 1. The van der Waals surface area contributed by atoms with Crippen molar-refractivity contribution < 1.29 is 0 Å². The fraction of sp³-hybridized carbons (Fsp3) is 0.800. The maximum absolute atomic E-state index is 4.79. The van der Waals surface area contributed by atoms with E-state index in [2.05, 4.69) is 41.8 Å². The SMILES string of the molecule is CC(C)CNC(=S)I. The van der Waals surface area contributed by atoms with Crippen molar-refractivity contribution in [2.24, 2.45) is 5.92 Å². The van der Waals surface area contributed by atoms with E-state index >= 15 is 0 Å². The molecule has 0 aromatic rings. The fourth-order valence-electron chi connectivity index (χ4n) is 0.284. The van der Waals surface area contributed by atoms with E-state index < -0.39 is 0 Å². The van der Waals surface area contributed by atoms with Gasteiger partial charge in [0.25, 0.3) is 0 Å². The molecule has 1 nitrogen and oxygen atoms in total. The lowest BCUT2D eigenvalue weighted by atomic mass is 10.2. The molecular weight excluding hydrogens is 233 g/mol. The van der Waals surface area contributed by atoms with Crippen LogP contribution < -0.4 is 5.32 Å². The molecule has 0 bridgehead atoms. The average molecular weight is 243 g/mol. The lowest BCUT2D eigenvalue weighted by Gasteiger charge is -2.03. The second-order valence-electron chi connectivity index (χ2n) is 2.05. The van der Waals surface area contributed by atoms with Gasteiger partial charge in [0.05, 0.1) is 0 Å². The normalized spacial score (nSPS) is 9.50. The third-order valence-electron chi connectivity index (χ3n) is 0.649. The maximum Gasteiger partial charge on any atom is 0.137 e. The summed E-state index contributed by atoms with van der Waals surface area (Å²) in [5.41, 5.74) is 0. The summed E-state index contributed by atoms with van der Waals surface area (Å²) >= 11 is 6.89. The number of hydrogen-bond donors (Lipinski definition) is 1. The van der Waals surface area contributed by atoms with Crippen LogP contribution in [0.2, 0.25) is 0 Å². The molecule has 0 saturated heterocycles. The van der Waals surface area contributed by atoms with Gasteiger partial charge in [0, 0.05) is 6.54 Å². The molecule has 0 saturated carbocycles. The lowest BCUT2D eigenvalue weighted by molar-refractivity contribution is 0.630. The van der Waals surface area contributed by atoms with Gasteiger partial charge in [0.15, 0.2) is 0 Å². The smallest absolute Gasteiger partial charge is 0.137 e. The van der Waals surface area contributed by atoms with Crippen LogP contribution in [0.25, 0.3) is 0 Å². The van der Waals surface area contributed by atoms with Crippen LogP contribution in [0.1, 0.15) is 13.8 Å². The predicted octanol–water partition coefficient (Wildman–Crippen LogP) is 1.95. The Morgan fingerprint density at radius 2 is 2.25 bits per heavy atom. The molecule has 0 fully saturated rings. The molecule has 0 rings (SSSR count). The van der Waals surface area contributed by atoms with Gasteiger partial charge in [-0.05, 0) is 28.5 Å². The minimum atomic E-state index is 0.683. The number of nitrogens with one attached hydrogen (secondary N) is 1. The average Bonchev–Trinajstić information content (AvgIpc) is 1.61. The van der Waals surface area contributed by atoms with Crippen molar-refractivity contribution in [1.29, 1.82) is 0 Å². The molecule has 48 valence electrons. The van der Waals surface area contributed by atoms with Crippen LogP contribution in [0.3, 0.4) is 0 Å². The van der Waals surface area contributed by atoms with Crippen LogP contribution in [-0.4, -0.2) is 9.54 Å². The van der Waals surface area contributed by atoms with Gasteiger partial charge in [0.1, 0.15) is 3.00 Å². The van der Waals surface area contributed by atoms with Crippen LogP contribution >= 0.6 is 34.8 Å². The molecule has 0 aromatic carbocycles. The van der Waals surface area contributed by atoms with Gasteiger partial charge in [-0.3, -0.25) is 0 Å². The Hall–Kier alpha value is 0.620. The highest BCUT2D eigenvalue weighted by Crippen LogP contribution is 1.90. The third-order valence-corrected chi connectivity index (χ3v) is 1.18. The Balaban J connectivity index is 3.05. The first-order valence-corrected chi connectivity index (χ1v) is 4.05. The fourth-order valence-corrected chi connectivity index (χ4v) is 0.588. The first-order valence-electron chi connectivity index (χ1n) is 2.56. The van der Waals surface area contributed by atoms with Gasteiger partial charge < -0.3 is 5.32 Å². The molecule has 0 aromatic heterocycles. The van der Waals surface area contributed by atoms with Gasteiger partial charge in [-0.2, -0.15) is 0 Å². The summed E-state index contributed by atoms with van der Waals surface area (Å²) in [4.78, 5) is 0. The predicted molar refractivity (Wildman–Crippen MR) is 49.5 cm³/mol. The van der Waals surface area contributed by atoms with E-state index in [4.69, 9.17) is 12.2 Å². The van der Waals surface area contributed by atoms with Crippen molar-refractivity contribution in [3.05, 3.63) is 0 Å². The lowest BCUT2D eigenvalue weighted by Crippen LogP contribution is -2.20. The first-order chi connectivity index (χ1) is 3.63. The molecule has 8 heavy (non-hydrogen) atoms. The minimum Gasteiger partial charge on any atom is -0.371 e. The summed E-state index contributed by atoms with van der Waals surface area (Å²) in [6.07, 6.45) is 0. The Morgan fingerprint density at radius 3 is 2.38 bits per heavy atom. The Morgan fingerprint density at radius 1 is 1.75 bits per heavy atom. The van der Waals surface area contributed by atoms with Gasteiger partial charge in [0.2, 0.25) is 0 Å². The van der Waals surface area contributed by atoms with Gasteiger partial charge in [-0.15, -0.1) is 0 Å². The standard InChI is InChI=1S/C5H10INS/c1-4(2)3-7-5(6)8/h4H,3H2,1-2H3,(H,7,8). The summed E-state index contributed by atoms with van der Waals surface area (Å²) in [6, 6.07) is 0. The quantitative estimate of drug-likeness (QED) is 0.344. The molecule has 0 radical (unpaired) electrons. The number of hydrogen-bond acceptors (Lipinski definition) is 1. The molecule has 0 aliphatic heterocycles. The van der Waals surface area contributed by atoms with Crippen LogP contribution in [0.15, 0.2) is 0 Å². The van der Waals surface area contributed by atoms with Crippen LogP contribution in [0.4, 0.5) is 0 Å². The van der Waals surface area contributed by atoms with Gasteiger partial charge in [-0.25, -0.2) is 0 Å². The zero-order valence-electron chi connectivity index (χ0n) is 5.07. The van der Waals surface area contributed by atoms with Gasteiger partial charge in [-0.1, -0.05) is 26.1 Å². The van der Waals surface area contributed by atoms with E-state index in [1.807, 2.05) is 0 Å². The van der Waals surface area contributed by atoms with E-state index in [9.17, 15) is 0 Å². The van der Waals surface area contributed by atoms with Crippen molar-refractivity contribution in [3.8, 4) is 0 Å². The molecule has 0 spiro atoms. The number of rotatable bonds is 2. The van der Waals surface area contributed by atoms with E-state index in [1.54, 1.807) is 0 Å². The molecule has 0 atom stereocenters. The second-order valence-corrected chi connectivity index (χ2v) is 4.27. The topological polar surface area (TPSA) is 12.0 Å². The minimum absolute atomic E-state index is 0.683. The van der Waals surface area contributed by atoms with Crippen molar-refractivity contribution in [2.45, 2.75) is 13.8 Å². The first kappa shape index (κ1) is 8.62. The Bertz CT molecular complexity index is 82.5. The summed E-state index contributed by atoms with van der Waals surface area (Å²) in [5.74, 6) is 0.683. The monoisotopic (exact) mass is 243 g/mol. The molecule has 0 aliphatic rings. The van der Waals surface area contributed by atoms with E-state index in [-0.39, 0.29) is 0 Å². The summed E-state index contributed by atoms with van der Waals surface area (Å²) in [5, 5.41) is 3.06. The summed E-state index contributed by atoms with van der Waals surface area (Å²) in [7, 11) is 0. The highest BCUT2D eigenvalue weighted by atomic mass is 127. The van der Waals surface area contributed by atoms with Crippen molar-refractivity contribution >= 4 is 37.8 Å². The molecule has 1 N–H and O–H groups in total. The van der Waals surface area contributed by atoms with Crippen LogP contribution in [0, 0.1) is 5.92 Å². The Kier molecular flexibility index (Phi) is 4.84. The molecular formula is C5H10INS. The molecule has 3 heteroatoms. The van der Waals surface area contributed by atoms with Crippen molar-refractivity contribution in [3.63, 3.8) is 0 Å². The van der Waals surface area contributed by atoms with Crippen molar-refractivity contribution in [1.82, 2.24) is 5.32 Å². The summed E-state index contributed by atoms with van der Waals surface area (Å²) in [6.45, 7) is 5.30. The summed E-state index contributed by atoms with van der Waals surface area (Å²) < 4.78 is 0.858. The van der Waals surface area contributed by atoms with E-state index in [1.165, 1.54) is 0 Å². The zero-order chi connectivity index (χ0) is 6.57.